The molecule has 0 radical (unpaired) electrons. The van der Waals surface area contributed by atoms with Crippen molar-refractivity contribution in [3.05, 3.63) is 0 Å². The number of nitrogens with one attached hydrogen (secondary N) is 1. The molecule has 0 aromatic heterocycles. The zero-order chi connectivity index (χ0) is 8.74. The lowest BCUT2D eigenvalue weighted by molar-refractivity contribution is 0.583. The van der Waals surface area contributed by atoms with Crippen LogP contribution < -0.4 is 5.32 Å². The molecule has 0 saturated heterocycles. The Morgan fingerprint density at radius 3 is 2.55 bits per heavy atom. The largest absolute Gasteiger partial charge is 0.307 e. The first-order chi connectivity index (χ1) is 5.12. The molecule has 0 atom stereocenters. The zero-order valence-corrected chi connectivity index (χ0v) is 7.36. The van der Waals surface area contributed by atoms with Gasteiger partial charge in [-0.05, 0) is 20.3 Å². The molecule has 0 fully saturated rings. The van der Waals surface area contributed by atoms with Crippen LogP contribution in [0.5, 0.6) is 0 Å². The fourth-order valence-electron chi connectivity index (χ4n) is 0.579. The molecular weight excluding hydrogens is 136 g/mol. The maximum atomic E-state index is 8.33. The number of hydrogen-bond donors (Lipinski definition) is 1. The van der Waals surface area contributed by atoms with Crippen molar-refractivity contribution in [3.8, 4) is 18.0 Å². The molecule has 2 nitrogen and oxygen atoms in total. The number of nitriles is 1. The normalized spacial score (nSPS) is 9.27. The van der Waals surface area contributed by atoms with Gasteiger partial charge in [-0.15, -0.1) is 5.92 Å². The van der Waals surface area contributed by atoms with E-state index in [4.69, 9.17) is 5.26 Å². The van der Waals surface area contributed by atoms with Gasteiger partial charge in [-0.2, -0.15) is 5.26 Å². The second kappa shape index (κ2) is 4.63. The molecule has 60 valence electrons. The molecule has 2 heteroatoms. The molecule has 0 saturated carbocycles. The SMILES string of the molecule is CCCC#CC(C)(C)NC#N. The van der Waals surface area contributed by atoms with Crippen LogP contribution in [-0.2, 0) is 0 Å². The van der Waals surface area contributed by atoms with E-state index in [2.05, 4.69) is 24.1 Å². The third-order valence-electron chi connectivity index (χ3n) is 1.14. The van der Waals surface area contributed by atoms with Crippen molar-refractivity contribution >= 4 is 0 Å². The van der Waals surface area contributed by atoms with Gasteiger partial charge < -0.3 is 5.32 Å². The quantitative estimate of drug-likeness (QED) is 0.369. The van der Waals surface area contributed by atoms with Crippen LogP contribution in [0, 0.1) is 23.3 Å². The summed E-state index contributed by atoms with van der Waals surface area (Å²) in [6, 6.07) is 0. The predicted octanol–water partition coefficient (Wildman–Crippen LogP) is 1.64. The minimum absolute atomic E-state index is 0.371. The summed E-state index contributed by atoms with van der Waals surface area (Å²) < 4.78 is 0. The van der Waals surface area contributed by atoms with Crippen molar-refractivity contribution in [3.63, 3.8) is 0 Å². The van der Waals surface area contributed by atoms with E-state index >= 15 is 0 Å². The van der Waals surface area contributed by atoms with E-state index < -0.39 is 0 Å². The third-order valence-corrected chi connectivity index (χ3v) is 1.14. The van der Waals surface area contributed by atoms with Gasteiger partial charge >= 0.3 is 0 Å². The molecule has 0 rings (SSSR count). The molecule has 0 amide bonds. The van der Waals surface area contributed by atoms with Crippen LogP contribution in [0.1, 0.15) is 33.6 Å². The Labute approximate surface area is 68.6 Å². The summed E-state index contributed by atoms with van der Waals surface area (Å²) in [4.78, 5) is 0. The van der Waals surface area contributed by atoms with Gasteiger partial charge in [0, 0.05) is 6.42 Å². The minimum Gasteiger partial charge on any atom is -0.307 e. The molecular formula is C9H14N2. The van der Waals surface area contributed by atoms with Crippen molar-refractivity contribution in [2.24, 2.45) is 0 Å². The van der Waals surface area contributed by atoms with E-state index in [1.54, 1.807) is 0 Å². The molecule has 0 aliphatic heterocycles. The predicted molar refractivity (Wildman–Crippen MR) is 45.5 cm³/mol. The highest BCUT2D eigenvalue weighted by molar-refractivity contribution is 5.15. The molecule has 0 spiro atoms. The van der Waals surface area contributed by atoms with Crippen LogP contribution in [0.25, 0.3) is 0 Å². The maximum Gasteiger partial charge on any atom is 0.177 e. The summed E-state index contributed by atoms with van der Waals surface area (Å²) in [6.07, 6.45) is 3.85. The summed E-state index contributed by atoms with van der Waals surface area (Å²) in [5.41, 5.74) is -0.371. The smallest absolute Gasteiger partial charge is 0.177 e. The van der Waals surface area contributed by atoms with Gasteiger partial charge in [0.15, 0.2) is 6.19 Å². The molecule has 0 heterocycles. The highest BCUT2D eigenvalue weighted by Crippen LogP contribution is 1.98. The standard InChI is InChI=1S/C9H14N2/c1-4-5-6-7-9(2,3)11-8-10/h11H,4-5H2,1-3H3. The summed E-state index contributed by atoms with van der Waals surface area (Å²) in [5.74, 6) is 5.97. The molecule has 1 N–H and O–H groups in total. The van der Waals surface area contributed by atoms with Crippen molar-refractivity contribution in [2.75, 3.05) is 0 Å². The number of rotatable bonds is 2. The Bertz CT molecular complexity index is 200. The lowest BCUT2D eigenvalue weighted by Crippen LogP contribution is -2.33. The Hall–Kier alpha value is -1.15. The lowest BCUT2D eigenvalue weighted by atomic mass is 10.1. The van der Waals surface area contributed by atoms with E-state index in [0.717, 1.165) is 12.8 Å². The van der Waals surface area contributed by atoms with Crippen LogP contribution in [0.4, 0.5) is 0 Å². The highest BCUT2D eigenvalue weighted by atomic mass is 14.9. The van der Waals surface area contributed by atoms with E-state index in [0.29, 0.717) is 0 Å². The molecule has 0 aromatic carbocycles. The molecule has 0 unspecified atom stereocenters. The van der Waals surface area contributed by atoms with Crippen LogP contribution in [0.15, 0.2) is 0 Å². The van der Waals surface area contributed by atoms with Crippen LogP contribution >= 0.6 is 0 Å². The average Bonchev–Trinajstić information content (AvgIpc) is 1.87. The molecule has 0 aliphatic carbocycles. The summed E-state index contributed by atoms with van der Waals surface area (Å²) >= 11 is 0. The van der Waals surface area contributed by atoms with Gasteiger partial charge in [0.2, 0.25) is 0 Å². The van der Waals surface area contributed by atoms with Crippen LogP contribution in [0.3, 0.4) is 0 Å². The Kier molecular flexibility index (Phi) is 4.15. The van der Waals surface area contributed by atoms with Crippen molar-refractivity contribution in [1.82, 2.24) is 5.32 Å². The topological polar surface area (TPSA) is 35.8 Å². The summed E-state index contributed by atoms with van der Waals surface area (Å²) in [5, 5.41) is 10.9. The molecule has 0 bridgehead atoms. The first kappa shape index (κ1) is 9.85. The van der Waals surface area contributed by atoms with Gasteiger partial charge in [-0.25, -0.2) is 0 Å². The lowest BCUT2D eigenvalue weighted by Gasteiger charge is -2.13. The maximum absolute atomic E-state index is 8.33. The number of hydrogen-bond acceptors (Lipinski definition) is 2. The van der Waals surface area contributed by atoms with Gasteiger partial charge in [0.25, 0.3) is 0 Å². The minimum atomic E-state index is -0.371. The highest BCUT2D eigenvalue weighted by Gasteiger charge is 2.10. The molecule has 0 aliphatic rings. The zero-order valence-electron chi connectivity index (χ0n) is 7.36. The van der Waals surface area contributed by atoms with Gasteiger partial charge in [-0.1, -0.05) is 12.8 Å². The molecule has 11 heavy (non-hydrogen) atoms. The van der Waals surface area contributed by atoms with Crippen molar-refractivity contribution < 1.29 is 0 Å². The monoisotopic (exact) mass is 150 g/mol. The third kappa shape index (κ3) is 5.30. The number of nitrogens with zero attached hydrogens (tertiary/aromatic N) is 1. The Balaban J connectivity index is 3.94. The second-order valence-electron chi connectivity index (χ2n) is 2.91. The number of unbranched alkanes of at least 4 members (excludes halogenated alkanes) is 1. The van der Waals surface area contributed by atoms with E-state index in [9.17, 15) is 0 Å². The fourth-order valence-corrected chi connectivity index (χ4v) is 0.579. The molecule has 0 aromatic rings. The van der Waals surface area contributed by atoms with E-state index in [1.165, 1.54) is 0 Å². The van der Waals surface area contributed by atoms with Gasteiger partial charge in [-0.3, -0.25) is 0 Å². The first-order valence-electron chi connectivity index (χ1n) is 3.78. The second-order valence-corrected chi connectivity index (χ2v) is 2.91. The first-order valence-corrected chi connectivity index (χ1v) is 3.78. The van der Waals surface area contributed by atoms with Crippen molar-refractivity contribution in [2.45, 2.75) is 39.2 Å². The van der Waals surface area contributed by atoms with E-state index in [-0.39, 0.29) is 5.54 Å². The summed E-state index contributed by atoms with van der Waals surface area (Å²) in [6.45, 7) is 5.86. The van der Waals surface area contributed by atoms with Crippen LogP contribution in [0.2, 0.25) is 0 Å². The Morgan fingerprint density at radius 2 is 2.09 bits per heavy atom. The average molecular weight is 150 g/mol. The van der Waals surface area contributed by atoms with Gasteiger partial charge in [0.1, 0.15) is 5.54 Å². The van der Waals surface area contributed by atoms with E-state index in [1.807, 2.05) is 20.0 Å². The Morgan fingerprint density at radius 1 is 1.45 bits per heavy atom. The summed E-state index contributed by atoms with van der Waals surface area (Å²) in [7, 11) is 0. The van der Waals surface area contributed by atoms with Gasteiger partial charge in [0.05, 0.1) is 0 Å². The fraction of sp³-hybridized carbons (Fsp3) is 0.667. The van der Waals surface area contributed by atoms with Crippen LogP contribution in [-0.4, -0.2) is 5.54 Å². The van der Waals surface area contributed by atoms with Crippen molar-refractivity contribution in [1.29, 1.82) is 5.26 Å².